The van der Waals surface area contributed by atoms with Gasteiger partial charge in [-0.3, -0.25) is 4.79 Å². The zero-order chi connectivity index (χ0) is 13.9. The first-order valence-electron chi connectivity index (χ1n) is 6.40. The van der Waals surface area contributed by atoms with E-state index in [-0.39, 0.29) is 6.04 Å². The van der Waals surface area contributed by atoms with Crippen molar-refractivity contribution in [1.82, 2.24) is 4.90 Å². The summed E-state index contributed by atoms with van der Waals surface area (Å²) in [4.78, 5) is 13.9. The van der Waals surface area contributed by atoms with Gasteiger partial charge in [0.25, 0.3) is 9.70 Å². The Morgan fingerprint density at radius 2 is 1.89 bits per heavy atom. The van der Waals surface area contributed by atoms with Gasteiger partial charge >= 0.3 is 0 Å². The summed E-state index contributed by atoms with van der Waals surface area (Å²) in [6.07, 6.45) is 3.85. The first-order chi connectivity index (χ1) is 8.98. The molecule has 1 aliphatic rings. The molecule has 19 heavy (non-hydrogen) atoms. The highest BCUT2D eigenvalue weighted by atomic mass is 35.6. The lowest BCUT2D eigenvalue weighted by Crippen LogP contribution is -2.49. The average molecular weight is 321 g/mol. The van der Waals surface area contributed by atoms with Crippen LogP contribution in [0.3, 0.4) is 0 Å². The van der Waals surface area contributed by atoms with Crippen molar-refractivity contribution in [3.63, 3.8) is 0 Å². The molecule has 1 saturated heterocycles. The van der Waals surface area contributed by atoms with Crippen molar-refractivity contribution >= 4 is 40.7 Å². The number of carbonyl (C=O) groups excluding carboxylic acids is 1. The molecule has 1 aromatic rings. The van der Waals surface area contributed by atoms with E-state index in [4.69, 9.17) is 34.8 Å². The number of benzene rings is 1. The number of halogens is 3. The smallest absolute Gasteiger partial charge is 0.274 e. The third kappa shape index (κ3) is 4.01. The molecule has 0 radical (unpaired) electrons. The van der Waals surface area contributed by atoms with Crippen LogP contribution in [-0.2, 0) is 11.2 Å². The van der Waals surface area contributed by atoms with Gasteiger partial charge in [-0.25, -0.2) is 0 Å². The van der Waals surface area contributed by atoms with E-state index in [0.29, 0.717) is 6.54 Å². The predicted molar refractivity (Wildman–Crippen MR) is 79.8 cm³/mol. The van der Waals surface area contributed by atoms with Gasteiger partial charge in [0.15, 0.2) is 0 Å². The van der Waals surface area contributed by atoms with E-state index in [1.807, 2.05) is 18.2 Å². The Morgan fingerprint density at radius 1 is 1.21 bits per heavy atom. The molecule has 1 heterocycles. The van der Waals surface area contributed by atoms with Gasteiger partial charge in [0.2, 0.25) is 0 Å². The van der Waals surface area contributed by atoms with Crippen LogP contribution in [0.4, 0.5) is 0 Å². The van der Waals surface area contributed by atoms with Crippen molar-refractivity contribution in [3.05, 3.63) is 35.9 Å². The number of likely N-dealkylation sites (tertiary alicyclic amines) is 1. The number of rotatable bonds is 2. The maximum absolute atomic E-state index is 12.2. The lowest BCUT2D eigenvalue weighted by atomic mass is 9.95. The minimum absolute atomic E-state index is 0.124. The second-order valence-corrected chi connectivity index (χ2v) is 7.12. The summed E-state index contributed by atoms with van der Waals surface area (Å²) < 4.78 is -1.85. The van der Waals surface area contributed by atoms with Crippen molar-refractivity contribution in [1.29, 1.82) is 0 Å². The van der Waals surface area contributed by atoms with E-state index in [9.17, 15) is 4.79 Å². The molecule has 0 aliphatic carbocycles. The second kappa shape index (κ2) is 6.34. The fraction of sp³-hybridized carbons (Fsp3) is 0.500. The minimum atomic E-state index is -1.85. The maximum atomic E-state index is 12.2. The Balaban J connectivity index is 2.10. The molecule has 1 atom stereocenters. The number of alkyl halides is 3. The van der Waals surface area contributed by atoms with Crippen LogP contribution in [0.2, 0.25) is 0 Å². The molecule has 2 nitrogen and oxygen atoms in total. The second-order valence-electron chi connectivity index (χ2n) is 4.84. The van der Waals surface area contributed by atoms with Crippen LogP contribution in [0.15, 0.2) is 30.3 Å². The molecule has 0 saturated carbocycles. The Labute approximate surface area is 128 Å². The number of nitrogens with zero attached hydrogens (tertiary/aromatic N) is 1. The summed E-state index contributed by atoms with van der Waals surface area (Å²) in [5, 5.41) is 0. The van der Waals surface area contributed by atoms with Gasteiger partial charge in [-0.15, -0.1) is 0 Å². The number of piperidine rings is 1. The van der Waals surface area contributed by atoms with Crippen LogP contribution in [0.5, 0.6) is 0 Å². The first-order valence-corrected chi connectivity index (χ1v) is 7.53. The number of amides is 1. The molecule has 1 aromatic carbocycles. The molecule has 0 bridgehead atoms. The van der Waals surface area contributed by atoms with Gasteiger partial charge in [0, 0.05) is 12.6 Å². The van der Waals surface area contributed by atoms with Crippen molar-refractivity contribution in [2.75, 3.05) is 6.54 Å². The Hall–Kier alpha value is -0.440. The van der Waals surface area contributed by atoms with E-state index in [1.54, 1.807) is 4.90 Å². The number of hydrogen-bond donors (Lipinski definition) is 0. The van der Waals surface area contributed by atoms with Crippen LogP contribution < -0.4 is 0 Å². The summed E-state index contributed by atoms with van der Waals surface area (Å²) >= 11 is 17.2. The van der Waals surface area contributed by atoms with Gasteiger partial charge in [-0.2, -0.15) is 0 Å². The normalized spacial score (nSPS) is 20.4. The zero-order valence-corrected chi connectivity index (χ0v) is 12.8. The maximum Gasteiger partial charge on any atom is 0.274 e. The lowest BCUT2D eigenvalue weighted by Gasteiger charge is -2.37. The van der Waals surface area contributed by atoms with E-state index in [1.165, 1.54) is 5.56 Å². The fourth-order valence-corrected chi connectivity index (χ4v) is 2.85. The van der Waals surface area contributed by atoms with Crippen LogP contribution >= 0.6 is 34.8 Å². The predicted octanol–water partition coefficient (Wildman–Crippen LogP) is 3.98. The Bertz CT molecular complexity index is 430. The molecule has 0 spiro atoms. The molecule has 5 heteroatoms. The standard InChI is InChI=1S/C14H16Cl3NO/c15-14(16,17)13(19)18-9-5-4-8-12(18)10-11-6-2-1-3-7-11/h1-3,6-7,12H,4-5,8-10H2. The van der Waals surface area contributed by atoms with Crippen LogP contribution in [0.25, 0.3) is 0 Å². The van der Waals surface area contributed by atoms with Crippen LogP contribution in [0.1, 0.15) is 24.8 Å². The zero-order valence-electron chi connectivity index (χ0n) is 10.5. The highest BCUT2D eigenvalue weighted by molar-refractivity contribution is 6.76. The van der Waals surface area contributed by atoms with E-state index < -0.39 is 9.70 Å². The third-order valence-corrected chi connectivity index (χ3v) is 3.93. The quantitative estimate of drug-likeness (QED) is 0.755. The van der Waals surface area contributed by atoms with E-state index in [2.05, 4.69) is 12.1 Å². The van der Waals surface area contributed by atoms with E-state index >= 15 is 0 Å². The van der Waals surface area contributed by atoms with Crippen molar-refractivity contribution < 1.29 is 4.79 Å². The van der Waals surface area contributed by atoms with Crippen molar-refractivity contribution in [3.8, 4) is 0 Å². The monoisotopic (exact) mass is 319 g/mol. The molecular weight excluding hydrogens is 305 g/mol. The van der Waals surface area contributed by atoms with Gasteiger partial charge in [-0.05, 0) is 31.2 Å². The topological polar surface area (TPSA) is 20.3 Å². The molecule has 0 N–H and O–H groups in total. The van der Waals surface area contributed by atoms with Crippen LogP contribution in [0, 0.1) is 0 Å². The molecule has 1 fully saturated rings. The fourth-order valence-electron chi connectivity index (χ4n) is 2.53. The molecule has 1 unspecified atom stereocenters. The Kier molecular flexibility index (Phi) is 4.99. The molecular formula is C14H16Cl3NO. The SMILES string of the molecule is O=C(N1CCCCC1Cc1ccccc1)C(Cl)(Cl)Cl. The summed E-state index contributed by atoms with van der Waals surface area (Å²) in [5.41, 5.74) is 1.21. The van der Waals surface area contributed by atoms with Crippen LogP contribution in [-0.4, -0.2) is 27.2 Å². The number of carbonyl (C=O) groups is 1. The molecule has 0 aromatic heterocycles. The summed E-state index contributed by atoms with van der Waals surface area (Å²) in [6.45, 7) is 0.671. The van der Waals surface area contributed by atoms with Gasteiger partial charge in [0.1, 0.15) is 0 Å². The third-order valence-electron chi connectivity index (χ3n) is 3.44. The highest BCUT2D eigenvalue weighted by Crippen LogP contribution is 2.32. The average Bonchev–Trinajstić information content (AvgIpc) is 2.39. The van der Waals surface area contributed by atoms with Crippen molar-refractivity contribution in [2.24, 2.45) is 0 Å². The first kappa shape index (κ1) is 15.0. The molecule has 2 rings (SSSR count). The van der Waals surface area contributed by atoms with Crippen molar-refractivity contribution in [2.45, 2.75) is 35.5 Å². The summed E-state index contributed by atoms with van der Waals surface area (Å²) in [7, 11) is 0. The lowest BCUT2D eigenvalue weighted by molar-refractivity contribution is -0.133. The van der Waals surface area contributed by atoms with Gasteiger partial charge < -0.3 is 4.90 Å². The highest BCUT2D eigenvalue weighted by Gasteiger charge is 2.39. The molecule has 104 valence electrons. The summed E-state index contributed by atoms with van der Waals surface area (Å²) in [5.74, 6) is -0.405. The van der Waals surface area contributed by atoms with Gasteiger partial charge in [-0.1, -0.05) is 65.1 Å². The Morgan fingerprint density at radius 3 is 2.53 bits per heavy atom. The summed E-state index contributed by atoms with van der Waals surface area (Å²) in [6, 6.07) is 10.2. The molecule has 1 aliphatic heterocycles. The van der Waals surface area contributed by atoms with Gasteiger partial charge in [0.05, 0.1) is 0 Å². The molecule has 1 amide bonds. The largest absolute Gasteiger partial charge is 0.336 e. The minimum Gasteiger partial charge on any atom is -0.336 e. The van der Waals surface area contributed by atoms with E-state index in [0.717, 1.165) is 25.7 Å². The number of hydrogen-bond acceptors (Lipinski definition) is 1.